The third kappa shape index (κ3) is 10.6. The topological polar surface area (TPSA) is 0 Å². The maximum Gasteiger partial charge on any atom is -0.00947 e. The summed E-state index contributed by atoms with van der Waals surface area (Å²) in [4.78, 5) is 0. The van der Waals surface area contributed by atoms with Gasteiger partial charge < -0.3 is 0 Å². The van der Waals surface area contributed by atoms with Crippen molar-refractivity contribution in [3.8, 4) is 0 Å². The van der Waals surface area contributed by atoms with Crippen LogP contribution in [-0.2, 0) is 0 Å². The van der Waals surface area contributed by atoms with Gasteiger partial charge in [-0.1, -0.05) is 84.4 Å². The zero-order valence-electron chi connectivity index (χ0n) is 14.4. The van der Waals surface area contributed by atoms with Gasteiger partial charge >= 0.3 is 0 Å². The van der Waals surface area contributed by atoms with Crippen LogP contribution in [0.25, 0.3) is 0 Å². The van der Waals surface area contributed by atoms with Crippen molar-refractivity contribution in [2.24, 2.45) is 11.3 Å². The number of hydrogen-bond acceptors (Lipinski definition) is 0. The second-order valence-corrected chi connectivity index (χ2v) is 5.87. The monoisotopic (exact) mass is 262 g/mol. The molecule has 0 aliphatic heterocycles. The Kier molecular flexibility index (Phi) is 11.6. The predicted octanol–water partition coefficient (Wildman–Crippen LogP) is 6.72. The van der Waals surface area contributed by atoms with E-state index in [1.165, 1.54) is 11.1 Å². The smallest absolute Gasteiger partial charge is 0.00947 e. The lowest BCUT2D eigenvalue weighted by atomic mass is 9.83. The normalized spacial score (nSPS) is 16.1. The Bertz CT molecular complexity index is 316. The summed E-state index contributed by atoms with van der Waals surface area (Å²) < 4.78 is 0. The zero-order valence-corrected chi connectivity index (χ0v) is 14.4. The van der Waals surface area contributed by atoms with Crippen LogP contribution in [0.1, 0.15) is 61.8 Å². The third-order valence-corrected chi connectivity index (χ3v) is 2.96. The highest BCUT2D eigenvalue weighted by atomic mass is 14.2. The molecular weight excluding hydrogens is 228 g/mol. The van der Waals surface area contributed by atoms with E-state index in [-0.39, 0.29) is 0 Å². The van der Waals surface area contributed by atoms with E-state index in [0.717, 1.165) is 6.42 Å². The van der Waals surface area contributed by atoms with E-state index in [4.69, 9.17) is 0 Å². The van der Waals surface area contributed by atoms with Gasteiger partial charge in [-0.2, -0.15) is 0 Å². The molecule has 0 atom stereocenters. The molecule has 0 saturated heterocycles. The first-order chi connectivity index (χ1) is 8.79. The van der Waals surface area contributed by atoms with Crippen molar-refractivity contribution in [1.82, 2.24) is 0 Å². The van der Waals surface area contributed by atoms with Crippen LogP contribution < -0.4 is 0 Å². The fourth-order valence-corrected chi connectivity index (χ4v) is 1.27. The Hall–Kier alpha value is -1.04. The standard InChI is InChI=1S/C12H18.C5H10.C2H6/c1-10(12(2,3)4)11-8-6-5-7-9-11;1-4-5(2)3;1-2/h5-8H,9H2,1-4H3;4-5H,1H2,2-3H3;1-2H3/b11-10+;;. The SMILES string of the molecule is C/C(=C1/C=CC=CC1)C(C)(C)C.C=CC(C)C.CC. The molecule has 0 amide bonds. The molecule has 0 N–H and O–H groups in total. The molecule has 1 aliphatic rings. The number of hydrogen-bond donors (Lipinski definition) is 0. The van der Waals surface area contributed by atoms with Crippen LogP contribution >= 0.6 is 0 Å². The molecule has 0 fully saturated rings. The van der Waals surface area contributed by atoms with Crippen molar-refractivity contribution in [3.63, 3.8) is 0 Å². The second-order valence-electron chi connectivity index (χ2n) is 5.87. The molecule has 0 nitrogen and oxygen atoms in total. The lowest BCUT2D eigenvalue weighted by Crippen LogP contribution is -2.09. The van der Waals surface area contributed by atoms with Crippen LogP contribution in [0.2, 0.25) is 0 Å². The molecule has 19 heavy (non-hydrogen) atoms. The van der Waals surface area contributed by atoms with Gasteiger partial charge in [0.1, 0.15) is 0 Å². The fraction of sp³-hybridized carbons (Fsp3) is 0.579. The lowest BCUT2D eigenvalue weighted by Gasteiger charge is -2.23. The summed E-state index contributed by atoms with van der Waals surface area (Å²) in [5.74, 6) is 0.648. The van der Waals surface area contributed by atoms with Gasteiger partial charge in [-0.05, 0) is 30.3 Å². The van der Waals surface area contributed by atoms with E-state index < -0.39 is 0 Å². The van der Waals surface area contributed by atoms with E-state index in [1.807, 2.05) is 19.9 Å². The molecule has 110 valence electrons. The summed E-state index contributed by atoms with van der Waals surface area (Å²) in [6.45, 7) is 20.8. The van der Waals surface area contributed by atoms with Crippen LogP contribution in [-0.4, -0.2) is 0 Å². The molecule has 0 aromatic rings. The average molecular weight is 262 g/mol. The van der Waals surface area contributed by atoms with Gasteiger partial charge in [0, 0.05) is 0 Å². The van der Waals surface area contributed by atoms with Gasteiger partial charge in [-0.15, -0.1) is 6.58 Å². The molecule has 0 heterocycles. The number of allylic oxidation sites excluding steroid dienone is 7. The molecule has 1 rings (SSSR count). The van der Waals surface area contributed by atoms with Gasteiger partial charge in [-0.3, -0.25) is 0 Å². The fourth-order valence-electron chi connectivity index (χ4n) is 1.27. The minimum Gasteiger partial charge on any atom is -0.103 e. The van der Waals surface area contributed by atoms with Gasteiger partial charge in [0.05, 0.1) is 0 Å². The molecule has 0 unspecified atom stereocenters. The quantitative estimate of drug-likeness (QED) is 0.460. The highest BCUT2D eigenvalue weighted by Gasteiger charge is 2.15. The average Bonchev–Trinajstić information content (AvgIpc) is 2.40. The highest BCUT2D eigenvalue weighted by Crippen LogP contribution is 2.30. The zero-order chi connectivity index (χ0) is 15.5. The molecule has 0 spiro atoms. The van der Waals surface area contributed by atoms with Crippen LogP contribution in [0.4, 0.5) is 0 Å². The summed E-state index contributed by atoms with van der Waals surface area (Å²) in [5.41, 5.74) is 3.29. The number of rotatable bonds is 1. The Morgan fingerprint density at radius 1 is 1.21 bits per heavy atom. The Balaban J connectivity index is 0. The molecule has 0 heteroatoms. The van der Waals surface area contributed by atoms with Gasteiger partial charge in [0.15, 0.2) is 0 Å². The second kappa shape index (κ2) is 10.8. The molecule has 0 aromatic heterocycles. The minimum atomic E-state index is 0.310. The lowest BCUT2D eigenvalue weighted by molar-refractivity contribution is 0.499. The van der Waals surface area contributed by atoms with Crippen molar-refractivity contribution in [2.75, 3.05) is 0 Å². The van der Waals surface area contributed by atoms with Gasteiger partial charge in [0.2, 0.25) is 0 Å². The molecule has 0 aromatic carbocycles. The Labute approximate surface area is 122 Å². The summed E-state index contributed by atoms with van der Waals surface area (Å²) in [6, 6.07) is 0. The van der Waals surface area contributed by atoms with E-state index in [0.29, 0.717) is 11.3 Å². The molecular formula is C19H34. The molecule has 0 radical (unpaired) electrons. The third-order valence-electron chi connectivity index (χ3n) is 2.96. The van der Waals surface area contributed by atoms with Crippen molar-refractivity contribution >= 4 is 0 Å². The maximum absolute atomic E-state index is 3.56. The van der Waals surface area contributed by atoms with Crippen molar-refractivity contribution < 1.29 is 0 Å². The first-order valence-corrected chi connectivity index (χ1v) is 7.45. The maximum atomic E-state index is 3.56. The van der Waals surface area contributed by atoms with Crippen molar-refractivity contribution in [3.05, 3.63) is 48.1 Å². The molecule has 0 saturated carbocycles. The predicted molar refractivity (Wildman–Crippen MR) is 91.4 cm³/mol. The highest BCUT2D eigenvalue weighted by molar-refractivity contribution is 5.34. The van der Waals surface area contributed by atoms with Crippen molar-refractivity contribution in [2.45, 2.75) is 61.8 Å². The summed E-state index contributed by atoms with van der Waals surface area (Å²) in [6.07, 6.45) is 11.7. The van der Waals surface area contributed by atoms with Gasteiger partial charge in [-0.25, -0.2) is 0 Å². The first-order valence-electron chi connectivity index (χ1n) is 7.45. The van der Waals surface area contributed by atoms with Crippen LogP contribution in [0, 0.1) is 11.3 Å². The van der Waals surface area contributed by atoms with Crippen molar-refractivity contribution in [1.29, 1.82) is 0 Å². The Morgan fingerprint density at radius 3 is 1.95 bits per heavy atom. The van der Waals surface area contributed by atoms with E-state index in [2.05, 4.69) is 72.4 Å². The van der Waals surface area contributed by atoms with Crippen LogP contribution in [0.15, 0.2) is 48.1 Å². The van der Waals surface area contributed by atoms with Crippen LogP contribution in [0.5, 0.6) is 0 Å². The van der Waals surface area contributed by atoms with E-state index in [9.17, 15) is 0 Å². The Morgan fingerprint density at radius 2 is 1.68 bits per heavy atom. The summed E-state index contributed by atoms with van der Waals surface area (Å²) in [7, 11) is 0. The largest absolute Gasteiger partial charge is 0.103 e. The van der Waals surface area contributed by atoms with E-state index >= 15 is 0 Å². The molecule has 1 aliphatic carbocycles. The van der Waals surface area contributed by atoms with E-state index in [1.54, 1.807) is 0 Å². The summed E-state index contributed by atoms with van der Waals surface area (Å²) >= 11 is 0. The minimum absolute atomic E-state index is 0.310. The van der Waals surface area contributed by atoms with Crippen LogP contribution in [0.3, 0.4) is 0 Å². The first kappa shape index (κ1) is 20.3. The summed E-state index contributed by atoms with van der Waals surface area (Å²) in [5, 5.41) is 0. The molecule has 0 bridgehead atoms. The van der Waals surface area contributed by atoms with Gasteiger partial charge in [0.25, 0.3) is 0 Å².